The number of aryl methyl sites for hydroxylation is 1. The minimum atomic E-state index is -3.40. The zero-order chi connectivity index (χ0) is 15.6. The predicted octanol–water partition coefficient (Wildman–Crippen LogP) is 2.16. The third-order valence-electron chi connectivity index (χ3n) is 4.19. The molecule has 5 nitrogen and oxygen atoms in total. The molecule has 6 heteroatoms. The Labute approximate surface area is 131 Å². The first-order valence-corrected chi connectivity index (χ1v) is 9.10. The van der Waals surface area contributed by atoms with Crippen LogP contribution >= 0.6 is 0 Å². The Hall–Kier alpha value is -1.66. The van der Waals surface area contributed by atoms with Gasteiger partial charge in [0.15, 0.2) is 0 Å². The van der Waals surface area contributed by atoms with E-state index in [0.29, 0.717) is 30.4 Å². The highest BCUT2D eigenvalue weighted by molar-refractivity contribution is 7.89. The molecule has 0 unspecified atom stereocenters. The maximum absolute atomic E-state index is 12.6. The molecule has 0 amide bonds. The Kier molecular flexibility index (Phi) is 4.31. The fourth-order valence-corrected chi connectivity index (χ4v) is 4.42. The lowest BCUT2D eigenvalue weighted by Gasteiger charge is -2.15. The maximum atomic E-state index is 12.6. The molecular weight excluding hydrogens is 298 g/mol. The summed E-state index contributed by atoms with van der Waals surface area (Å²) < 4.78 is 28.5. The highest BCUT2D eigenvalue weighted by atomic mass is 32.2. The van der Waals surface area contributed by atoms with Gasteiger partial charge < -0.3 is 0 Å². The van der Waals surface area contributed by atoms with E-state index in [-0.39, 0.29) is 0 Å². The molecule has 2 aromatic rings. The van der Waals surface area contributed by atoms with Gasteiger partial charge in [-0.3, -0.25) is 4.68 Å². The molecule has 1 aromatic heterocycles. The Bertz CT molecular complexity index is 725. The van der Waals surface area contributed by atoms with E-state index in [4.69, 9.17) is 0 Å². The van der Waals surface area contributed by atoms with Crippen LogP contribution in [-0.2, 0) is 23.0 Å². The van der Waals surface area contributed by atoms with E-state index in [1.807, 2.05) is 25.1 Å². The lowest BCUT2D eigenvalue weighted by atomic mass is 9.99. The van der Waals surface area contributed by atoms with E-state index in [1.54, 1.807) is 15.2 Å². The summed E-state index contributed by atoms with van der Waals surface area (Å²) in [7, 11) is -3.40. The summed E-state index contributed by atoms with van der Waals surface area (Å²) in [5, 5.41) is 4.07. The van der Waals surface area contributed by atoms with E-state index < -0.39 is 10.0 Å². The SMILES string of the molecule is CCn1cc(S(=O)(=O)N2CC[C@@H](Cc3ccccc3)C2)cn1. The van der Waals surface area contributed by atoms with Crippen molar-refractivity contribution in [2.24, 2.45) is 5.92 Å². The predicted molar refractivity (Wildman–Crippen MR) is 84.9 cm³/mol. The molecule has 1 aliphatic rings. The molecule has 3 rings (SSSR count). The van der Waals surface area contributed by atoms with Crippen LogP contribution in [0.1, 0.15) is 18.9 Å². The summed E-state index contributed by atoms with van der Waals surface area (Å²) in [6, 6.07) is 10.3. The van der Waals surface area contributed by atoms with E-state index in [1.165, 1.54) is 11.8 Å². The molecule has 0 saturated carbocycles. The normalized spacial score (nSPS) is 19.6. The first kappa shape index (κ1) is 15.2. The van der Waals surface area contributed by atoms with Crippen LogP contribution in [0.5, 0.6) is 0 Å². The molecule has 118 valence electrons. The van der Waals surface area contributed by atoms with Crippen LogP contribution < -0.4 is 0 Å². The number of benzene rings is 1. The molecule has 0 N–H and O–H groups in total. The zero-order valence-electron chi connectivity index (χ0n) is 12.7. The quantitative estimate of drug-likeness (QED) is 0.848. The van der Waals surface area contributed by atoms with Gasteiger partial charge >= 0.3 is 0 Å². The van der Waals surface area contributed by atoms with Gasteiger partial charge in [-0.05, 0) is 31.2 Å². The third kappa shape index (κ3) is 3.08. The van der Waals surface area contributed by atoms with Gasteiger partial charge in [-0.2, -0.15) is 9.40 Å². The number of sulfonamides is 1. The van der Waals surface area contributed by atoms with Crippen molar-refractivity contribution in [1.29, 1.82) is 0 Å². The average Bonchev–Trinajstić information content (AvgIpc) is 3.17. The fraction of sp³-hybridized carbons (Fsp3) is 0.438. The minimum absolute atomic E-state index is 0.301. The highest BCUT2D eigenvalue weighted by Gasteiger charge is 2.33. The highest BCUT2D eigenvalue weighted by Crippen LogP contribution is 2.26. The molecule has 0 radical (unpaired) electrons. The average molecular weight is 319 g/mol. The Morgan fingerprint density at radius 3 is 2.73 bits per heavy atom. The summed E-state index contributed by atoms with van der Waals surface area (Å²) in [5.41, 5.74) is 1.27. The van der Waals surface area contributed by atoms with E-state index >= 15 is 0 Å². The molecule has 2 heterocycles. The van der Waals surface area contributed by atoms with Crippen molar-refractivity contribution in [2.75, 3.05) is 13.1 Å². The monoisotopic (exact) mass is 319 g/mol. The van der Waals surface area contributed by atoms with Crippen LogP contribution in [0.2, 0.25) is 0 Å². The van der Waals surface area contributed by atoms with Crippen molar-refractivity contribution in [3.05, 3.63) is 48.3 Å². The molecule has 1 aliphatic heterocycles. The topological polar surface area (TPSA) is 55.2 Å². The van der Waals surface area contributed by atoms with Crippen LogP contribution in [0.4, 0.5) is 0 Å². The van der Waals surface area contributed by atoms with Crippen molar-refractivity contribution in [3.8, 4) is 0 Å². The number of hydrogen-bond acceptors (Lipinski definition) is 3. The van der Waals surface area contributed by atoms with Crippen LogP contribution in [0, 0.1) is 5.92 Å². The van der Waals surface area contributed by atoms with Crippen LogP contribution in [0.25, 0.3) is 0 Å². The van der Waals surface area contributed by atoms with E-state index in [2.05, 4.69) is 17.2 Å². The first-order valence-electron chi connectivity index (χ1n) is 7.66. The number of rotatable bonds is 5. The lowest BCUT2D eigenvalue weighted by molar-refractivity contribution is 0.456. The molecule has 0 aliphatic carbocycles. The van der Waals surface area contributed by atoms with Gasteiger partial charge in [-0.25, -0.2) is 8.42 Å². The summed E-state index contributed by atoms with van der Waals surface area (Å²) >= 11 is 0. The second-order valence-corrected chi connectivity index (χ2v) is 7.68. The van der Waals surface area contributed by atoms with Gasteiger partial charge in [-0.15, -0.1) is 0 Å². The maximum Gasteiger partial charge on any atom is 0.246 e. The molecule has 22 heavy (non-hydrogen) atoms. The minimum Gasteiger partial charge on any atom is -0.272 e. The Morgan fingerprint density at radius 2 is 2.05 bits per heavy atom. The first-order chi connectivity index (χ1) is 10.6. The molecule has 1 fully saturated rings. The summed E-state index contributed by atoms with van der Waals surface area (Å²) in [6.45, 7) is 3.80. The summed E-state index contributed by atoms with van der Waals surface area (Å²) in [4.78, 5) is 0.301. The zero-order valence-corrected chi connectivity index (χ0v) is 13.5. The van der Waals surface area contributed by atoms with Gasteiger partial charge in [0, 0.05) is 25.8 Å². The van der Waals surface area contributed by atoms with Crippen molar-refractivity contribution in [3.63, 3.8) is 0 Å². The van der Waals surface area contributed by atoms with Crippen molar-refractivity contribution in [1.82, 2.24) is 14.1 Å². The Morgan fingerprint density at radius 1 is 1.27 bits per heavy atom. The van der Waals surface area contributed by atoms with Gasteiger partial charge in [0.1, 0.15) is 4.90 Å². The second-order valence-electron chi connectivity index (χ2n) is 5.74. The van der Waals surface area contributed by atoms with E-state index in [9.17, 15) is 8.42 Å². The third-order valence-corrected chi connectivity index (χ3v) is 6.01. The lowest BCUT2D eigenvalue weighted by Crippen LogP contribution is -2.29. The van der Waals surface area contributed by atoms with Crippen molar-refractivity contribution < 1.29 is 8.42 Å². The molecule has 1 aromatic carbocycles. The summed E-state index contributed by atoms with van der Waals surface area (Å²) in [6.07, 6.45) is 4.90. The second kappa shape index (κ2) is 6.22. The van der Waals surface area contributed by atoms with Crippen molar-refractivity contribution in [2.45, 2.75) is 31.2 Å². The Balaban J connectivity index is 1.69. The van der Waals surface area contributed by atoms with Gasteiger partial charge in [0.05, 0.1) is 6.20 Å². The van der Waals surface area contributed by atoms with Gasteiger partial charge in [-0.1, -0.05) is 30.3 Å². The molecule has 0 spiro atoms. The van der Waals surface area contributed by atoms with Crippen LogP contribution in [0.3, 0.4) is 0 Å². The standard InChI is InChI=1S/C16H21N3O2S/c1-2-18-13-16(11-17-18)22(20,21)19-9-8-15(12-19)10-14-6-4-3-5-7-14/h3-7,11,13,15H,2,8-10,12H2,1H3/t15-/m0/s1. The smallest absolute Gasteiger partial charge is 0.246 e. The fourth-order valence-electron chi connectivity index (χ4n) is 2.93. The molecule has 1 atom stereocenters. The van der Waals surface area contributed by atoms with Crippen LogP contribution in [0.15, 0.2) is 47.6 Å². The largest absolute Gasteiger partial charge is 0.272 e. The number of hydrogen-bond donors (Lipinski definition) is 0. The summed E-state index contributed by atoms with van der Waals surface area (Å²) in [5.74, 6) is 0.387. The molecule has 0 bridgehead atoms. The number of nitrogens with zero attached hydrogens (tertiary/aromatic N) is 3. The van der Waals surface area contributed by atoms with Gasteiger partial charge in [0.25, 0.3) is 0 Å². The molecular formula is C16H21N3O2S. The number of aromatic nitrogens is 2. The van der Waals surface area contributed by atoms with Crippen LogP contribution in [-0.4, -0.2) is 35.6 Å². The van der Waals surface area contributed by atoms with Gasteiger partial charge in [0.2, 0.25) is 10.0 Å². The van der Waals surface area contributed by atoms with Crippen molar-refractivity contribution >= 4 is 10.0 Å². The molecule has 1 saturated heterocycles. The van der Waals surface area contributed by atoms with E-state index in [0.717, 1.165) is 12.8 Å².